The van der Waals surface area contributed by atoms with Crippen LogP contribution in [0.15, 0.2) is 41.3 Å². The van der Waals surface area contributed by atoms with Gasteiger partial charge in [0.25, 0.3) is 0 Å². The molecule has 0 radical (unpaired) electrons. The molecule has 2 aromatic rings. The van der Waals surface area contributed by atoms with Gasteiger partial charge in [-0.1, -0.05) is 43.7 Å². The molecule has 0 amide bonds. The molecular weight excluding hydrogens is 330 g/mol. The van der Waals surface area contributed by atoms with E-state index >= 15 is 0 Å². The Balaban J connectivity index is 1.98. The number of halogens is 1. The van der Waals surface area contributed by atoms with Crippen LogP contribution in [0.25, 0.3) is 6.08 Å². The molecule has 1 aromatic heterocycles. The highest BCUT2D eigenvalue weighted by atomic mass is 35.5. The number of nitrogens with zero attached hydrogens (tertiary/aromatic N) is 3. The van der Waals surface area contributed by atoms with Crippen LogP contribution in [-0.2, 0) is 6.54 Å². The lowest BCUT2D eigenvalue weighted by Gasteiger charge is -2.37. The van der Waals surface area contributed by atoms with Crippen LogP contribution in [0.3, 0.4) is 0 Å². The Morgan fingerprint density at radius 1 is 1.35 bits per heavy atom. The van der Waals surface area contributed by atoms with Gasteiger partial charge in [-0.05, 0) is 41.5 Å². The minimum atomic E-state index is -0.988. The second kappa shape index (κ2) is 5.96. The highest BCUT2D eigenvalue weighted by Gasteiger charge is 2.51. The summed E-state index contributed by atoms with van der Waals surface area (Å²) < 4.78 is 1.64. The monoisotopic (exact) mass is 349 g/mol. The number of hydrogen-bond donors (Lipinski definition) is 2. The van der Waals surface area contributed by atoms with E-state index in [-0.39, 0.29) is 5.41 Å². The van der Waals surface area contributed by atoms with E-state index < -0.39 is 5.60 Å². The Bertz CT molecular complexity index is 739. The maximum absolute atomic E-state index is 11.5. The maximum atomic E-state index is 11.5. The SMILES string of the molecule is CC1(C)CC/C(=C/c2ccc(Cl)cc2)C1(O)Cn1ncnc1S. The first-order valence-corrected chi connectivity index (χ1v) is 8.40. The fourth-order valence-corrected chi connectivity index (χ4v) is 3.45. The summed E-state index contributed by atoms with van der Waals surface area (Å²) in [6.45, 7) is 4.52. The predicted molar refractivity (Wildman–Crippen MR) is 94.7 cm³/mol. The highest BCUT2D eigenvalue weighted by Crippen LogP contribution is 2.50. The second-order valence-electron chi connectivity index (χ2n) is 6.68. The molecule has 122 valence electrons. The van der Waals surface area contributed by atoms with Crippen molar-refractivity contribution in [3.8, 4) is 0 Å². The Morgan fingerprint density at radius 3 is 2.65 bits per heavy atom. The summed E-state index contributed by atoms with van der Waals surface area (Å²) >= 11 is 10.2. The fraction of sp³-hybridized carbons (Fsp3) is 0.412. The zero-order chi connectivity index (χ0) is 16.7. The Morgan fingerprint density at radius 2 is 2.04 bits per heavy atom. The van der Waals surface area contributed by atoms with E-state index in [4.69, 9.17) is 11.6 Å². The van der Waals surface area contributed by atoms with Crippen LogP contribution in [0.4, 0.5) is 0 Å². The molecule has 0 saturated heterocycles. The Hall–Kier alpha value is -1.30. The fourth-order valence-electron chi connectivity index (χ4n) is 3.15. The van der Waals surface area contributed by atoms with E-state index in [0.717, 1.165) is 24.0 Å². The zero-order valence-electron chi connectivity index (χ0n) is 13.2. The Kier molecular flexibility index (Phi) is 4.29. The molecule has 1 aliphatic rings. The van der Waals surface area contributed by atoms with Crippen molar-refractivity contribution in [2.75, 3.05) is 0 Å². The normalized spacial score (nSPS) is 25.2. The van der Waals surface area contributed by atoms with E-state index in [1.807, 2.05) is 24.3 Å². The lowest BCUT2D eigenvalue weighted by molar-refractivity contribution is -0.0317. The quantitative estimate of drug-likeness (QED) is 0.827. The molecule has 1 saturated carbocycles. The van der Waals surface area contributed by atoms with Gasteiger partial charge in [0.2, 0.25) is 0 Å². The highest BCUT2D eigenvalue weighted by molar-refractivity contribution is 7.80. The van der Waals surface area contributed by atoms with Crippen molar-refractivity contribution in [2.45, 2.75) is 44.0 Å². The third-order valence-corrected chi connectivity index (χ3v) is 5.45. The molecule has 1 unspecified atom stereocenters. The lowest BCUT2D eigenvalue weighted by Crippen LogP contribution is -2.45. The molecule has 1 aliphatic carbocycles. The largest absolute Gasteiger partial charge is 0.383 e. The molecule has 1 atom stereocenters. The molecule has 1 N–H and O–H groups in total. The summed E-state index contributed by atoms with van der Waals surface area (Å²) in [7, 11) is 0. The van der Waals surface area contributed by atoms with E-state index in [1.54, 1.807) is 4.68 Å². The standard InChI is InChI=1S/C17H20ClN3OS/c1-16(2)8-7-13(9-12-3-5-14(18)6-4-12)17(16,22)10-21-15(23)19-11-20-21/h3-6,9,11,22H,7-8,10H2,1-2H3,(H,19,20,23)/b13-9-. The summed E-state index contributed by atoms with van der Waals surface area (Å²) in [5.74, 6) is 0. The van der Waals surface area contributed by atoms with E-state index in [1.165, 1.54) is 6.33 Å². The molecule has 1 aromatic carbocycles. The average Bonchev–Trinajstić information content (AvgIpc) is 2.98. The first-order valence-electron chi connectivity index (χ1n) is 7.58. The molecule has 6 heteroatoms. The van der Waals surface area contributed by atoms with Gasteiger partial charge < -0.3 is 5.11 Å². The van der Waals surface area contributed by atoms with Crippen molar-refractivity contribution in [3.05, 3.63) is 46.8 Å². The van der Waals surface area contributed by atoms with Gasteiger partial charge in [-0.25, -0.2) is 9.67 Å². The first kappa shape index (κ1) is 16.6. The number of rotatable bonds is 3. The summed E-state index contributed by atoms with van der Waals surface area (Å²) in [4.78, 5) is 4.03. The maximum Gasteiger partial charge on any atom is 0.183 e. The van der Waals surface area contributed by atoms with Gasteiger partial charge in [-0.2, -0.15) is 5.10 Å². The third kappa shape index (κ3) is 3.05. The van der Waals surface area contributed by atoms with Crippen LogP contribution in [0, 0.1) is 5.41 Å². The number of thiol groups is 1. The molecular formula is C17H20ClN3OS. The molecule has 0 bridgehead atoms. The predicted octanol–water partition coefficient (Wildman–Crippen LogP) is 3.85. The summed E-state index contributed by atoms with van der Waals surface area (Å²) in [6.07, 6.45) is 5.28. The summed E-state index contributed by atoms with van der Waals surface area (Å²) in [5.41, 5.74) is 0.799. The molecule has 1 heterocycles. The van der Waals surface area contributed by atoms with Gasteiger partial charge in [0.15, 0.2) is 5.16 Å². The van der Waals surface area contributed by atoms with Gasteiger partial charge in [-0.3, -0.25) is 0 Å². The van der Waals surface area contributed by atoms with Gasteiger partial charge in [0.05, 0.1) is 6.54 Å². The third-order valence-electron chi connectivity index (χ3n) is 4.85. The first-order chi connectivity index (χ1) is 10.8. The van der Waals surface area contributed by atoms with Gasteiger partial charge >= 0.3 is 0 Å². The number of benzene rings is 1. The Labute approximate surface area is 146 Å². The summed E-state index contributed by atoms with van der Waals surface area (Å²) in [6, 6.07) is 7.63. The van der Waals surface area contributed by atoms with E-state index in [9.17, 15) is 5.11 Å². The number of aliphatic hydroxyl groups is 1. The van der Waals surface area contributed by atoms with Gasteiger partial charge in [-0.15, -0.1) is 12.6 Å². The zero-order valence-corrected chi connectivity index (χ0v) is 14.8. The van der Waals surface area contributed by atoms with Gasteiger partial charge in [0, 0.05) is 5.02 Å². The minimum absolute atomic E-state index is 0.253. The van der Waals surface area contributed by atoms with Crippen molar-refractivity contribution in [1.29, 1.82) is 0 Å². The molecule has 0 aliphatic heterocycles. The van der Waals surface area contributed by atoms with Crippen molar-refractivity contribution < 1.29 is 5.11 Å². The minimum Gasteiger partial charge on any atom is -0.383 e. The smallest absolute Gasteiger partial charge is 0.183 e. The van der Waals surface area contributed by atoms with Crippen LogP contribution < -0.4 is 0 Å². The van der Waals surface area contributed by atoms with Crippen LogP contribution in [0.1, 0.15) is 32.3 Å². The number of hydrogen-bond acceptors (Lipinski definition) is 4. The van der Waals surface area contributed by atoms with Crippen molar-refractivity contribution in [3.63, 3.8) is 0 Å². The molecule has 3 rings (SSSR count). The van der Waals surface area contributed by atoms with Crippen LogP contribution in [-0.4, -0.2) is 25.5 Å². The molecule has 1 fully saturated rings. The van der Waals surface area contributed by atoms with Crippen LogP contribution in [0.5, 0.6) is 0 Å². The van der Waals surface area contributed by atoms with E-state index in [2.05, 4.69) is 42.6 Å². The van der Waals surface area contributed by atoms with Crippen molar-refractivity contribution >= 4 is 30.3 Å². The van der Waals surface area contributed by atoms with Crippen LogP contribution in [0.2, 0.25) is 5.02 Å². The molecule has 0 spiro atoms. The second-order valence-corrected chi connectivity index (χ2v) is 7.52. The number of aromatic nitrogens is 3. The summed E-state index contributed by atoms with van der Waals surface area (Å²) in [5, 5.41) is 16.9. The molecule has 23 heavy (non-hydrogen) atoms. The van der Waals surface area contributed by atoms with Gasteiger partial charge in [0.1, 0.15) is 11.9 Å². The molecule has 4 nitrogen and oxygen atoms in total. The van der Waals surface area contributed by atoms with E-state index in [0.29, 0.717) is 16.7 Å². The van der Waals surface area contributed by atoms with Crippen LogP contribution >= 0.6 is 24.2 Å². The topological polar surface area (TPSA) is 50.9 Å². The van der Waals surface area contributed by atoms with Crippen molar-refractivity contribution in [2.24, 2.45) is 5.41 Å². The lowest BCUT2D eigenvalue weighted by atomic mass is 9.76. The average molecular weight is 350 g/mol. The van der Waals surface area contributed by atoms with Crippen molar-refractivity contribution in [1.82, 2.24) is 14.8 Å².